The van der Waals surface area contributed by atoms with Crippen molar-refractivity contribution < 1.29 is 4.79 Å². The van der Waals surface area contributed by atoms with E-state index in [1.165, 1.54) is 18.4 Å². The number of nitrogens with one attached hydrogen (secondary N) is 1. The molecule has 2 nitrogen and oxygen atoms in total. The molecule has 1 aliphatic carbocycles. The standard InChI is InChI=1S/C12H13NO/c14-12-5-6-13-11-4-3-9(7-10(11)12)8-1-2-8/h3-4,7-8,13H,1-2,5-6H2. The highest BCUT2D eigenvalue weighted by atomic mass is 16.1. The second-order valence-electron chi connectivity index (χ2n) is 4.18. The average Bonchev–Trinajstić information content (AvgIpc) is 3.01. The van der Waals surface area contributed by atoms with Crippen LogP contribution < -0.4 is 5.32 Å². The van der Waals surface area contributed by atoms with Crippen LogP contribution >= 0.6 is 0 Å². The molecule has 14 heavy (non-hydrogen) atoms. The van der Waals surface area contributed by atoms with Gasteiger partial charge in [-0.05, 0) is 36.5 Å². The first-order chi connectivity index (χ1) is 6.84. The van der Waals surface area contributed by atoms with E-state index in [9.17, 15) is 4.79 Å². The van der Waals surface area contributed by atoms with Crippen LogP contribution in [0.15, 0.2) is 18.2 Å². The fourth-order valence-electron chi connectivity index (χ4n) is 2.06. The Kier molecular flexibility index (Phi) is 1.63. The largest absolute Gasteiger partial charge is 0.384 e. The van der Waals surface area contributed by atoms with Gasteiger partial charge in [-0.3, -0.25) is 4.79 Å². The molecule has 0 saturated heterocycles. The lowest BCUT2D eigenvalue weighted by Gasteiger charge is -2.17. The molecule has 0 unspecified atom stereocenters. The zero-order valence-corrected chi connectivity index (χ0v) is 8.05. The molecule has 1 N–H and O–H groups in total. The summed E-state index contributed by atoms with van der Waals surface area (Å²) in [4.78, 5) is 11.6. The van der Waals surface area contributed by atoms with Crippen molar-refractivity contribution in [3.63, 3.8) is 0 Å². The van der Waals surface area contributed by atoms with Crippen molar-refractivity contribution in [2.24, 2.45) is 0 Å². The lowest BCUT2D eigenvalue weighted by Crippen LogP contribution is -2.17. The van der Waals surface area contributed by atoms with Crippen molar-refractivity contribution in [1.29, 1.82) is 0 Å². The molecule has 0 radical (unpaired) electrons. The number of carbonyl (C=O) groups excluding carboxylic acids is 1. The molecule has 0 spiro atoms. The number of hydrogen-bond acceptors (Lipinski definition) is 2. The number of rotatable bonds is 1. The third-order valence-electron chi connectivity index (χ3n) is 3.06. The van der Waals surface area contributed by atoms with Gasteiger partial charge in [0.05, 0.1) is 0 Å². The van der Waals surface area contributed by atoms with Crippen molar-refractivity contribution in [2.45, 2.75) is 25.2 Å². The van der Waals surface area contributed by atoms with Gasteiger partial charge in [0.25, 0.3) is 0 Å². The van der Waals surface area contributed by atoms with E-state index >= 15 is 0 Å². The Hall–Kier alpha value is -1.31. The van der Waals surface area contributed by atoms with Gasteiger partial charge in [-0.25, -0.2) is 0 Å². The normalized spacial score (nSPS) is 20.1. The van der Waals surface area contributed by atoms with Crippen molar-refractivity contribution >= 4 is 11.5 Å². The van der Waals surface area contributed by atoms with E-state index in [-0.39, 0.29) is 0 Å². The Bertz CT molecular complexity index is 393. The van der Waals surface area contributed by atoms with Crippen molar-refractivity contribution in [2.75, 3.05) is 11.9 Å². The van der Waals surface area contributed by atoms with Gasteiger partial charge in [-0.1, -0.05) is 6.07 Å². The number of carbonyl (C=O) groups is 1. The predicted molar refractivity (Wildman–Crippen MR) is 55.9 cm³/mol. The van der Waals surface area contributed by atoms with Crippen LogP contribution in [0, 0.1) is 0 Å². The molecule has 2 heteroatoms. The second kappa shape index (κ2) is 2.84. The van der Waals surface area contributed by atoms with E-state index in [0.29, 0.717) is 12.2 Å². The number of fused-ring (bicyclic) bond motifs is 1. The smallest absolute Gasteiger partial charge is 0.166 e. The van der Waals surface area contributed by atoms with E-state index in [1.807, 2.05) is 0 Å². The minimum absolute atomic E-state index is 0.293. The molecule has 1 heterocycles. The quantitative estimate of drug-likeness (QED) is 0.732. The Morgan fingerprint density at radius 3 is 2.93 bits per heavy atom. The summed E-state index contributed by atoms with van der Waals surface area (Å²) in [5, 5.41) is 3.26. The number of ketones is 1. The third-order valence-corrected chi connectivity index (χ3v) is 3.06. The SMILES string of the molecule is O=C1CCNc2ccc(C3CC3)cc21. The van der Waals surface area contributed by atoms with E-state index in [4.69, 9.17) is 0 Å². The fraction of sp³-hybridized carbons (Fsp3) is 0.417. The summed E-state index contributed by atoms with van der Waals surface area (Å²) in [7, 11) is 0. The molecular formula is C12H13NO. The number of hydrogen-bond donors (Lipinski definition) is 1. The third kappa shape index (κ3) is 1.22. The highest BCUT2D eigenvalue weighted by Crippen LogP contribution is 2.41. The van der Waals surface area contributed by atoms with Crippen LogP contribution in [-0.4, -0.2) is 12.3 Å². The summed E-state index contributed by atoms with van der Waals surface area (Å²) in [5.74, 6) is 1.02. The lowest BCUT2D eigenvalue weighted by molar-refractivity contribution is 0.0983. The molecule has 72 valence electrons. The molecule has 1 aliphatic heterocycles. The van der Waals surface area contributed by atoms with Gasteiger partial charge in [0.15, 0.2) is 5.78 Å². The molecule has 1 aromatic carbocycles. The molecule has 0 amide bonds. The summed E-state index contributed by atoms with van der Waals surface area (Å²) >= 11 is 0. The first kappa shape index (κ1) is 8.04. The molecule has 1 aromatic rings. The lowest BCUT2D eigenvalue weighted by atomic mass is 9.98. The summed E-state index contributed by atoms with van der Waals surface area (Å²) in [6.45, 7) is 0.786. The maximum absolute atomic E-state index is 11.6. The van der Waals surface area contributed by atoms with Crippen molar-refractivity contribution in [3.05, 3.63) is 29.3 Å². The van der Waals surface area contributed by atoms with Gasteiger partial charge < -0.3 is 5.32 Å². The van der Waals surface area contributed by atoms with Crippen LogP contribution in [0.4, 0.5) is 5.69 Å². The van der Waals surface area contributed by atoms with Crippen molar-refractivity contribution in [1.82, 2.24) is 0 Å². The molecule has 3 rings (SSSR count). The molecule has 0 atom stereocenters. The zero-order chi connectivity index (χ0) is 9.54. The van der Waals surface area contributed by atoms with Gasteiger partial charge in [0.1, 0.15) is 0 Å². The summed E-state index contributed by atoms with van der Waals surface area (Å²) in [6.07, 6.45) is 3.22. The topological polar surface area (TPSA) is 29.1 Å². The first-order valence-electron chi connectivity index (χ1n) is 5.25. The Labute approximate surface area is 83.3 Å². The Morgan fingerprint density at radius 1 is 1.29 bits per heavy atom. The first-order valence-corrected chi connectivity index (χ1v) is 5.25. The molecule has 1 fully saturated rings. The maximum atomic E-state index is 11.6. The number of anilines is 1. The Balaban J connectivity index is 2.06. The van der Waals surface area contributed by atoms with Crippen LogP contribution in [0.3, 0.4) is 0 Å². The number of benzene rings is 1. The van der Waals surface area contributed by atoms with Crippen LogP contribution in [-0.2, 0) is 0 Å². The average molecular weight is 187 g/mol. The highest BCUT2D eigenvalue weighted by molar-refractivity contribution is 6.03. The van der Waals surface area contributed by atoms with Gasteiger partial charge >= 0.3 is 0 Å². The molecule has 0 aromatic heterocycles. The van der Waals surface area contributed by atoms with E-state index in [1.54, 1.807) is 0 Å². The Morgan fingerprint density at radius 2 is 2.14 bits per heavy atom. The van der Waals surface area contributed by atoms with Crippen LogP contribution in [0.25, 0.3) is 0 Å². The van der Waals surface area contributed by atoms with E-state index < -0.39 is 0 Å². The molecule has 2 aliphatic rings. The molecule has 0 bridgehead atoms. The van der Waals surface area contributed by atoms with E-state index in [2.05, 4.69) is 23.5 Å². The minimum Gasteiger partial charge on any atom is -0.384 e. The van der Waals surface area contributed by atoms with Gasteiger partial charge in [-0.15, -0.1) is 0 Å². The maximum Gasteiger partial charge on any atom is 0.166 e. The summed E-state index contributed by atoms with van der Waals surface area (Å²) < 4.78 is 0. The van der Waals surface area contributed by atoms with E-state index in [0.717, 1.165) is 23.7 Å². The summed E-state index contributed by atoms with van der Waals surface area (Å²) in [6, 6.07) is 6.30. The van der Waals surface area contributed by atoms with Crippen LogP contribution in [0.5, 0.6) is 0 Å². The van der Waals surface area contributed by atoms with Crippen molar-refractivity contribution in [3.8, 4) is 0 Å². The predicted octanol–water partition coefficient (Wildman–Crippen LogP) is 2.56. The van der Waals surface area contributed by atoms with Gasteiger partial charge in [0, 0.05) is 24.2 Å². The summed E-state index contributed by atoms with van der Waals surface area (Å²) in [5.41, 5.74) is 3.27. The molecule has 1 saturated carbocycles. The minimum atomic E-state index is 0.293. The molecular weight excluding hydrogens is 174 g/mol. The van der Waals surface area contributed by atoms with Crippen LogP contribution in [0.2, 0.25) is 0 Å². The van der Waals surface area contributed by atoms with Crippen LogP contribution in [0.1, 0.15) is 41.1 Å². The highest BCUT2D eigenvalue weighted by Gasteiger charge is 2.25. The monoisotopic (exact) mass is 187 g/mol. The second-order valence-corrected chi connectivity index (χ2v) is 4.18. The fourth-order valence-corrected chi connectivity index (χ4v) is 2.06. The van der Waals surface area contributed by atoms with Gasteiger partial charge in [-0.2, -0.15) is 0 Å². The van der Waals surface area contributed by atoms with Gasteiger partial charge in [0.2, 0.25) is 0 Å². The zero-order valence-electron chi connectivity index (χ0n) is 8.05. The number of Topliss-reactive ketones (excluding diaryl/α,β-unsaturated/α-hetero) is 1.